The minimum absolute atomic E-state index is 0.182. The average Bonchev–Trinajstić information content (AvgIpc) is 1.63. The smallest absolute Gasteiger partial charge is 0.227 e. The van der Waals surface area contributed by atoms with Gasteiger partial charge in [-0.25, -0.2) is 24.1 Å². The molecular weight excluding hydrogens is 147 g/mol. The number of nitrogens with two attached hydrogens (primary N) is 1. The van der Waals surface area contributed by atoms with Crippen LogP contribution in [0.2, 0.25) is 0 Å². The van der Waals surface area contributed by atoms with Gasteiger partial charge >= 0.3 is 0 Å². The fourth-order valence-electron chi connectivity index (χ4n) is 0.510. The SMILES string of the molecule is BB(S)SC(C)(C)BN. The number of thiol groups is 1. The van der Waals surface area contributed by atoms with Gasteiger partial charge in [-0.05, 0) is 4.65 Å². The summed E-state index contributed by atoms with van der Waals surface area (Å²) in [6, 6.07) is 0. The van der Waals surface area contributed by atoms with E-state index >= 15 is 0 Å². The zero-order valence-electron chi connectivity index (χ0n) is 6.22. The van der Waals surface area contributed by atoms with Crippen molar-refractivity contribution in [2.24, 2.45) is 5.64 Å². The van der Waals surface area contributed by atoms with E-state index in [2.05, 4.69) is 34.1 Å². The molecule has 0 unspecified atom stereocenters. The highest BCUT2D eigenvalue weighted by Gasteiger charge is 2.20. The molecule has 0 aromatic carbocycles. The number of hydrogen-bond acceptors (Lipinski definition) is 3. The van der Waals surface area contributed by atoms with E-state index in [-0.39, 0.29) is 4.65 Å². The molecule has 2 N–H and O–H groups in total. The van der Waals surface area contributed by atoms with E-state index in [0.29, 0.717) is 12.6 Å². The molecule has 0 spiro atoms. The molecule has 1 nitrogen and oxygen atoms in total. The Hall–Kier alpha value is 0.855. The molecule has 0 amide bonds. The fraction of sp³-hybridized carbons (Fsp3) is 1.00. The average molecular weight is 159 g/mol. The van der Waals surface area contributed by atoms with Crippen LogP contribution < -0.4 is 5.64 Å². The van der Waals surface area contributed by atoms with Gasteiger partial charge in [-0.3, -0.25) is 0 Å². The van der Waals surface area contributed by atoms with Crippen LogP contribution in [0.5, 0.6) is 0 Å². The van der Waals surface area contributed by atoms with Gasteiger partial charge in [-0.1, -0.05) is 13.8 Å². The zero-order valence-corrected chi connectivity index (χ0v) is 7.93. The van der Waals surface area contributed by atoms with Crippen LogP contribution in [0.4, 0.5) is 0 Å². The molecule has 0 aliphatic heterocycles. The summed E-state index contributed by atoms with van der Waals surface area (Å²) >= 11 is 6.05. The predicted molar refractivity (Wildman–Crippen MR) is 56.3 cm³/mol. The van der Waals surface area contributed by atoms with Gasteiger partial charge in [0.25, 0.3) is 0 Å². The number of hydrogen-bond donors (Lipinski definition) is 2. The highest BCUT2D eigenvalue weighted by Crippen LogP contribution is 2.24. The molecule has 9 heavy (non-hydrogen) atoms. The second-order valence-corrected chi connectivity index (χ2v) is 5.85. The maximum absolute atomic E-state index is 5.50. The maximum Gasteiger partial charge on any atom is 0.227 e. The van der Waals surface area contributed by atoms with Gasteiger partial charge in [-0.2, -0.15) is 0 Å². The highest BCUT2D eigenvalue weighted by molar-refractivity contribution is 8.53. The largest absolute Gasteiger partial charge is 0.372 e. The molecule has 0 bridgehead atoms. The first kappa shape index (κ1) is 9.85. The maximum atomic E-state index is 5.50. The van der Waals surface area contributed by atoms with E-state index in [4.69, 9.17) is 5.64 Å². The molecule has 0 aromatic heterocycles. The first-order chi connectivity index (χ1) is 3.98. The van der Waals surface area contributed by atoms with Crippen LogP contribution in [0.15, 0.2) is 0 Å². The molecule has 0 aliphatic rings. The van der Waals surface area contributed by atoms with E-state index < -0.39 is 0 Å². The van der Waals surface area contributed by atoms with E-state index in [1.165, 1.54) is 0 Å². The summed E-state index contributed by atoms with van der Waals surface area (Å²) < 4.78 is 0.182. The van der Waals surface area contributed by atoms with Crippen molar-refractivity contribution < 1.29 is 0 Å². The molecule has 0 saturated carbocycles. The Morgan fingerprint density at radius 1 is 1.78 bits per heavy atom. The van der Waals surface area contributed by atoms with Crippen LogP contribution in [0.3, 0.4) is 0 Å². The topological polar surface area (TPSA) is 26.0 Å². The third-order valence-corrected chi connectivity index (χ3v) is 2.44. The summed E-state index contributed by atoms with van der Waals surface area (Å²) in [5.41, 5.74) is 5.50. The molecule has 0 saturated heterocycles. The number of rotatable bonds is 3. The van der Waals surface area contributed by atoms with Crippen LogP contribution in [-0.2, 0) is 0 Å². The Bertz CT molecular complexity index is 87.1. The van der Waals surface area contributed by atoms with Crippen molar-refractivity contribution in [3.05, 3.63) is 0 Å². The Labute approximate surface area is 68.9 Å². The Kier molecular flexibility index (Phi) is 4.26. The lowest BCUT2D eigenvalue weighted by Crippen LogP contribution is -2.33. The molecule has 0 fully saturated rings. The molecule has 0 heterocycles. The van der Waals surface area contributed by atoms with Gasteiger partial charge in [0, 0.05) is 0 Å². The standard InChI is InChI=1S/C3H12B3NS2/c1-3(2,5-7)9-6(4)8/h5,8H,4,7H2,1-2H3. The van der Waals surface area contributed by atoms with Gasteiger partial charge in [0.05, 0.1) is 0 Å². The van der Waals surface area contributed by atoms with Gasteiger partial charge < -0.3 is 5.64 Å². The Morgan fingerprint density at radius 3 is 2.33 bits per heavy atom. The predicted octanol–water partition coefficient (Wildman–Crippen LogP) is -0.686. The van der Waals surface area contributed by atoms with E-state index in [1.807, 2.05) is 0 Å². The van der Waals surface area contributed by atoms with Crippen molar-refractivity contribution in [2.75, 3.05) is 0 Å². The molecule has 0 atom stereocenters. The van der Waals surface area contributed by atoms with E-state index in [9.17, 15) is 0 Å². The lowest BCUT2D eigenvalue weighted by molar-refractivity contribution is 0.996. The van der Waals surface area contributed by atoms with Gasteiger partial charge in [0.2, 0.25) is 12.6 Å². The quantitative estimate of drug-likeness (QED) is 0.421. The van der Waals surface area contributed by atoms with Crippen molar-refractivity contribution in [2.45, 2.75) is 18.5 Å². The van der Waals surface area contributed by atoms with E-state index in [1.54, 1.807) is 11.6 Å². The third kappa shape index (κ3) is 5.31. The van der Waals surface area contributed by atoms with Crippen LogP contribution in [0.1, 0.15) is 13.8 Å². The fourth-order valence-corrected chi connectivity index (χ4v) is 2.39. The minimum atomic E-state index is 0.182. The van der Waals surface area contributed by atoms with Crippen molar-refractivity contribution >= 4 is 44.4 Å². The first-order valence-corrected chi connectivity index (χ1v) is 4.43. The molecule has 50 valence electrons. The summed E-state index contributed by atoms with van der Waals surface area (Å²) in [7, 11) is 2.77. The summed E-state index contributed by atoms with van der Waals surface area (Å²) in [6.07, 6.45) is 0. The van der Waals surface area contributed by atoms with Crippen molar-refractivity contribution in [1.29, 1.82) is 0 Å². The van der Waals surface area contributed by atoms with Crippen molar-refractivity contribution in [1.82, 2.24) is 0 Å². The third-order valence-electron chi connectivity index (χ3n) is 0.981. The summed E-state index contributed by atoms with van der Waals surface area (Å²) in [5.74, 6) is 0. The second-order valence-electron chi connectivity index (χ2n) is 2.68. The van der Waals surface area contributed by atoms with Gasteiger partial charge in [-0.15, -0.1) is 0 Å². The summed E-state index contributed by atoms with van der Waals surface area (Å²) in [4.78, 5) is 0. The summed E-state index contributed by atoms with van der Waals surface area (Å²) in [5, 5.41) is 0.378. The van der Waals surface area contributed by atoms with Crippen LogP contribution >= 0.6 is 24.1 Å². The first-order valence-electron chi connectivity index (χ1n) is 3.04. The monoisotopic (exact) mass is 159 g/mol. The van der Waals surface area contributed by atoms with Crippen LogP contribution in [0.25, 0.3) is 0 Å². The van der Waals surface area contributed by atoms with Crippen molar-refractivity contribution in [3.8, 4) is 0 Å². The molecule has 0 rings (SSSR count). The molecular formula is C3H12B3NS2. The van der Waals surface area contributed by atoms with Gasteiger partial charge in [0.1, 0.15) is 7.74 Å². The van der Waals surface area contributed by atoms with Crippen LogP contribution in [0, 0.1) is 0 Å². The van der Waals surface area contributed by atoms with Crippen LogP contribution in [-0.4, -0.2) is 25.0 Å². The molecule has 0 aliphatic carbocycles. The molecule has 0 radical (unpaired) electrons. The zero-order chi connectivity index (χ0) is 7.49. The molecule has 0 aromatic rings. The lowest BCUT2D eigenvalue weighted by Gasteiger charge is -2.21. The van der Waals surface area contributed by atoms with Crippen molar-refractivity contribution in [3.63, 3.8) is 0 Å². The second kappa shape index (κ2) is 3.89. The van der Waals surface area contributed by atoms with Gasteiger partial charge in [0.15, 0.2) is 0 Å². The molecule has 6 heteroatoms. The lowest BCUT2D eigenvalue weighted by atomic mass is 9.76. The normalized spacial score (nSPS) is 11.1. The minimum Gasteiger partial charge on any atom is -0.372 e. The Balaban J connectivity index is 3.58. The highest BCUT2D eigenvalue weighted by atomic mass is 32.2. The Morgan fingerprint density at radius 2 is 2.22 bits per heavy atom. The summed E-state index contributed by atoms with van der Waals surface area (Å²) in [6.45, 7) is 4.26. The van der Waals surface area contributed by atoms with E-state index in [0.717, 1.165) is 0 Å².